The number of alkyl halides is 9. The molecule has 0 aliphatic carbocycles. The van der Waals surface area contributed by atoms with Crippen molar-refractivity contribution in [3.63, 3.8) is 0 Å². The SMILES string of the molecule is CC(C)(C)C(OCCCCCCC(F)(F)C(C)(F)F)OCCCCCCC(F)(F)C(F)(F)F. The van der Waals surface area contributed by atoms with E-state index in [0.717, 1.165) is 0 Å². The zero-order valence-corrected chi connectivity index (χ0v) is 19.8. The second-order valence-corrected chi connectivity index (χ2v) is 9.56. The van der Waals surface area contributed by atoms with Crippen LogP contribution >= 0.6 is 0 Å². The first-order valence-corrected chi connectivity index (χ1v) is 11.2. The molecule has 2 nitrogen and oxygen atoms in total. The average molecular weight is 505 g/mol. The molecule has 0 aromatic rings. The molecule has 1 unspecified atom stereocenters. The highest BCUT2D eigenvalue weighted by molar-refractivity contribution is 4.80. The molecule has 0 saturated carbocycles. The maximum Gasteiger partial charge on any atom is 0.453 e. The average Bonchev–Trinajstić information content (AvgIpc) is 2.61. The monoisotopic (exact) mass is 504 g/mol. The Bertz CT molecular complexity index is 483. The van der Waals surface area contributed by atoms with Crippen LogP contribution in [0.25, 0.3) is 0 Å². The Morgan fingerprint density at radius 2 is 0.879 bits per heavy atom. The van der Waals surface area contributed by atoms with Gasteiger partial charge in [-0.1, -0.05) is 46.5 Å². The van der Waals surface area contributed by atoms with E-state index in [9.17, 15) is 39.5 Å². The number of hydrogen-bond donors (Lipinski definition) is 0. The molecular weight excluding hydrogens is 467 g/mol. The first kappa shape index (κ1) is 32.3. The molecule has 0 amide bonds. The van der Waals surface area contributed by atoms with Crippen molar-refractivity contribution in [3.05, 3.63) is 0 Å². The van der Waals surface area contributed by atoms with Crippen molar-refractivity contribution >= 4 is 0 Å². The predicted octanol–water partition coefficient (Wildman–Crippen LogP) is 8.78. The van der Waals surface area contributed by atoms with Crippen LogP contribution in [0.3, 0.4) is 0 Å². The molecule has 0 aliphatic heterocycles. The first-order valence-electron chi connectivity index (χ1n) is 11.2. The van der Waals surface area contributed by atoms with E-state index >= 15 is 0 Å². The van der Waals surface area contributed by atoms with Gasteiger partial charge in [0.2, 0.25) is 0 Å². The van der Waals surface area contributed by atoms with Gasteiger partial charge in [0.05, 0.1) is 0 Å². The second kappa shape index (κ2) is 13.4. The third kappa shape index (κ3) is 13.1. The van der Waals surface area contributed by atoms with Crippen LogP contribution in [0.5, 0.6) is 0 Å². The van der Waals surface area contributed by atoms with Gasteiger partial charge < -0.3 is 9.47 Å². The van der Waals surface area contributed by atoms with Gasteiger partial charge in [0.15, 0.2) is 6.29 Å². The molecule has 0 heterocycles. The third-order valence-electron chi connectivity index (χ3n) is 5.07. The maximum atomic E-state index is 13.2. The second-order valence-electron chi connectivity index (χ2n) is 9.56. The van der Waals surface area contributed by atoms with Gasteiger partial charge in [-0.05, 0) is 25.7 Å². The van der Waals surface area contributed by atoms with Crippen LogP contribution in [-0.2, 0) is 9.47 Å². The molecule has 0 radical (unpaired) electrons. The van der Waals surface area contributed by atoms with Crippen LogP contribution in [-0.4, -0.2) is 43.4 Å². The summed E-state index contributed by atoms with van der Waals surface area (Å²) in [6, 6.07) is 0. The van der Waals surface area contributed by atoms with E-state index in [4.69, 9.17) is 9.47 Å². The molecular formula is C22H37F9O2. The van der Waals surface area contributed by atoms with Crippen LogP contribution in [0, 0.1) is 5.41 Å². The molecule has 0 fully saturated rings. The molecule has 0 rings (SSSR count). The van der Waals surface area contributed by atoms with Gasteiger partial charge in [-0.2, -0.15) is 30.7 Å². The molecule has 0 aromatic heterocycles. The zero-order chi connectivity index (χ0) is 26.0. The minimum absolute atomic E-state index is 0.0233. The summed E-state index contributed by atoms with van der Waals surface area (Å²) in [7, 11) is 0. The summed E-state index contributed by atoms with van der Waals surface area (Å²) in [6.07, 6.45) is -5.92. The van der Waals surface area contributed by atoms with Crippen molar-refractivity contribution in [1.29, 1.82) is 0 Å². The molecule has 0 aliphatic rings. The maximum absolute atomic E-state index is 13.2. The smallest absolute Gasteiger partial charge is 0.352 e. The number of hydrogen-bond acceptors (Lipinski definition) is 2. The molecule has 33 heavy (non-hydrogen) atoms. The fourth-order valence-electron chi connectivity index (χ4n) is 2.90. The number of ether oxygens (including phenoxy) is 2. The van der Waals surface area contributed by atoms with Gasteiger partial charge in [0.25, 0.3) is 0 Å². The summed E-state index contributed by atoms with van der Waals surface area (Å²) < 4.78 is 125. The number of unbranched alkanes of at least 4 members (excludes halogenated alkanes) is 6. The largest absolute Gasteiger partial charge is 0.453 e. The van der Waals surface area contributed by atoms with Crippen LogP contribution < -0.4 is 0 Å². The van der Waals surface area contributed by atoms with Crippen molar-refractivity contribution in [3.8, 4) is 0 Å². The number of halogens is 9. The van der Waals surface area contributed by atoms with Gasteiger partial charge in [-0.3, -0.25) is 0 Å². The fourth-order valence-corrected chi connectivity index (χ4v) is 2.90. The van der Waals surface area contributed by atoms with Crippen molar-refractivity contribution in [2.24, 2.45) is 5.41 Å². The Labute approximate surface area is 190 Å². The van der Waals surface area contributed by atoms with Gasteiger partial charge in [-0.15, -0.1) is 0 Å². The van der Waals surface area contributed by atoms with E-state index in [1.807, 2.05) is 20.8 Å². The minimum Gasteiger partial charge on any atom is -0.352 e. The lowest BCUT2D eigenvalue weighted by Crippen LogP contribution is -2.37. The van der Waals surface area contributed by atoms with Gasteiger partial charge in [0.1, 0.15) is 0 Å². The highest BCUT2D eigenvalue weighted by Gasteiger charge is 2.56. The Balaban J connectivity index is 4.04. The van der Waals surface area contributed by atoms with Gasteiger partial charge >= 0.3 is 23.9 Å². The Morgan fingerprint density at radius 3 is 1.21 bits per heavy atom. The lowest BCUT2D eigenvalue weighted by molar-refractivity contribution is -0.284. The lowest BCUT2D eigenvalue weighted by atomic mass is 9.96. The third-order valence-corrected chi connectivity index (χ3v) is 5.07. The summed E-state index contributed by atoms with van der Waals surface area (Å²) in [6.45, 7) is 6.38. The van der Waals surface area contributed by atoms with E-state index in [2.05, 4.69) is 0 Å². The molecule has 1 atom stereocenters. The quantitative estimate of drug-likeness (QED) is 0.112. The molecule has 0 aromatic carbocycles. The van der Waals surface area contributed by atoms with E-state index < -0.39 is 43.1 Å². The molecule has 0 saturated heterocycles. The highest BCUT2D eigenvalue weighted by Crippen LogP contribution is 2.39. The van der Waals surface area contributed by atoms with Crippen LogP contribution in [0.2, 0.25) is 0 Å². The normalized spacial score (nSPS) is 15.2. The molecule has 11 heteroatoms. The Hall–Kier alpha value is -0.710. The number of rotatable bonds is 17. The summed E-state index contributed by atoms with van der Waals surface area (Å²) in [4.78, 5) is 0. The summed E-state index contributed by atoms with van der Waals surface area (Å²) in [5.74, 6) is -12.7. The Kier molecular flexibility index (Phi) is 13.1. The fraction of sp³-hybridized carbons (Fsp3) is 1.00. The zero-order valence-electron chi connectivity index (χ0n) is 19.8. The standard InChI is InChI=1S/C22H37F9O2/c1-18(2,3)17(32-15-11-7-5-9-13-20(25,26)19(4,23)24)33-16-12-8-6-10-14-21(27,28)22(29,30)31/h17H,5-16H2,1-4H3. The topological polar surface area (TPSA) is 18.5 Å². The van der Waals surface area contributed by atoms with Gasteiger partial charge in [-0.25, -0.2) is 8.78 Å². The van der Waals surface area contributed by atoms with Crippen LogP contribution in [0.4, 0.5) is 39.5 Å². The highest BCUT2D eigenvalue weighted by atomic mass is 19.4. The van der Waals surface area contributed by atoms with E-state index in [1.54, 1.807) is 0 Å². The lowest BCUT2D eigenvalue weighted by Gasteiger charge is -2.30. The van der Waals surface area contributed by atoms with Crippen LogP contribution in [0.1, 0.15) is 91.9 Å². The van der Waals surface area contributed by atoms with Gasteiger partial charge in [0, 0.05) is 38.4 Å². The van der Waals surface area contributed by atoms with Crippen molar-refractivity contribution < 1.29 is 49.0 Å². The summed E-state index contributed by atoms with van der Waals surface area (Å²) >= 11 is 0. The Morgan fingerprint density at radius 1 is 0.515 bits per heavy atom. The molecule has 0 N–H and O–H groups in total. The minimum atomic E-state index is -5.53. The van der Waals surface area contributed by atoms with Crippen molar-refractivity contribution in [2.45, 2.75) is 122 Å². The predicted molar refractivity (Wildman–Crippen MR) is 108 cm³/mol. The van der Waals surface area contributed by atoms with Crippen molar-refractivity contribution in [1.82, 2.24) is 0 Å². The van der Waals surface area contributed by atoms with Crippen molar-refractivity contribution in [2.75, 3.05) is 13.2 Å². The molecule has 0 spiro atoms. The van der Waals surface area contributed by atoms with E-state index in [0.29, 0.717) is 32.1 Å². The van der Waals surface area contributed by atoms with Crippen LogP contribution in [0.15, 0.2) is 0 Å². The summed E-state index contributed by atoms with van der Waals surface area (Å²) in [5, 5.41) is 0. The molecule has 0 bridgehead atoms. The summed E-state index contributed by atoms with van der Waals surface area (Å²) in [5.41, 5.74) is -0.385. The first-order chi connectivity index (χ1) is 14.8. The molecule has 200 valence electrons. The van der Waals surface area contributed by atoms with E-state index in [-0.39, 0.29) is 44.8 Å². The van der Waals surface area contributed by atoms with E-state index in [1.165, 1.54) is 0 Å².